The predicted molar refractivity (Wildman–Crippen MR) is 120 cm³/mol. The summed E-state index contributed by atoms with van der Waals surface area (Å²) >= 11 is 0. The van der Waals surface area contributed by atoms with Crippen LogP contribution >= 0.6 is 0 Å². The average Bonchev–Trinajstić information content (AvgIpc) is 2.74. The molecule has 2 aromatic rings. The number of likely N-dealkylation sites (N-methyl/N-ethyl adjacent to an activating group) is 1. The molecule has 3 amide bonds. The molecule has 0 spiro atoms. The van der Waals surface area contributed by atoms with Crippen LogP contribution in [0.3, 0.4) is 0 Å². The molecule has 2 aromatic carbocycles. The first-order valence-electron chi connectivity index (χ1n) is 9.74. The fourth-order valence-electron chi connectivity index (χ4n) is 3.27. The van der Waals surface area contributed by atoms with E-state index in [1.165, 1.54) is 24.2 Å². The third kappa shape index (κ3) is 6.78. The Kier molecular flexibility index (Phi) is 9.19. The van der Waals surface area contributed by atoms with Crippen molar-refractivity contribution < 1.29 is 24.3 Å². The van der Waals surface area contributed by atoms with Gasteiger partial charge in [-0.05, 0) is 23.1 Å². The second kappa shape index (κ2) is 11.6. The summed E-state index contributed by atoms with van der Waals surface area (Å²) in [5.41, 5.74) is 2.80. The van der Waals surface area contributed by atoms with Gasteiger partial charge in [0.15, 0.2) is 11.8 Å². The Labute approximate surface area is 208 Å². The first kappa shape index (κ1) is 25.3. The predicted octanol–water partition coefficient (Wildman–Crippen LogP) is 1.37. The van der Waals surface area contributed by atoms with Crippen LogP contribution in [0.2, 0.25) is 0 Å². The van der Waals surface area contributed by atoms with Crippen molar-refractivity contribution >= 4 is 53.2 Å². The molecule has 3 rings (SSSR count). The van der Waals surface area contributed by atoms with Gasteiger partial charge in [0.2, 0.25) is 0 Å². The molecule has 0 fully saturated rings. The normalized spacial score (nSPS) is 16.2. The topological polar surface area (TPSA) is 116 Å². The number of nitrogens with one attached hydrogen (secondary N) is 2. The van der Waals surface area contributed by atoms with E-state index in [-0.39, 0.29) is 36.0 Å². The number of hydrogen-bond donors (Lipinski definition) is 3. The number of benzene rings is 2. The Morgan fingerprint density at radius 3 is 2.28 bits per heavy atom. The van der Waals surface area contributed by atoms with Crippen molar-refractivity contribution in [3.8, 4) is 0 Å². The van der Waals surface area contributed by atoms with E-state index in [9.17, 15) is 24.3 Å². The molecule has 0 bridgehead atoms. The van der Waals surface area contributed by atoms with Crippen LogP contribution < -0.4 is 10.6 Å². The van der Waals surface area contributed by atoms with Crippen LogP contribution in [0.4, 0.5) is 4.79 Å². The third-order valence-electron chi connectivity index (χ3n) is 4.93. The van der Waals surface area contributed by atoms with Crippen LogP contribution in [-0.4, -0.2) is 76.3 Å². The molecule has 9 heteroatoms. The maximum atomic E-state index is 12.4. The fraction of sp³-hybridized carbons (Fsp3) is 0.217. The van der Waals surface area contributed by atoms with Gasteiger partial charge in [-0.2, -0.15) is 0 Å². The quantitative estimate of drug-likeness (QED) is 0.440. The molecule has 8 nitrogen and oxygen atoms in total. The van der Waals surface area contributed by atoms with E-state index in [1.807, 2.05) is 42.5 Å². The number of rotatable bonds is 7. The van der Waals surface area contributed by atoms with Gasteiger partial charge >= 0.3 is 41.6 Å². The number of carbonyl (C=O) groups is 4. The summed E-state index contributed by atoms with van der Waals surface area (Å²) in [6.45, 7) is 0. The first-order chi connectivity index (χ1) is 14.8. The monoisotopic (exact) mass is 445 g/mol. The summed E-state index contributed by atoms with van der Waals surface area (Å²) in [6.07, 6.45) is 2.90. The molecule has 0 aliphatic carbocycles. The number of hydrogen-bond acceptors (Lipinski definition) is 4. The van der Waals surface area contributed by atoms with Crippen molar-refractivity contribution in [2.45, 2.75) is 24.9 Å². The Morgan fingerprint density at radius 2 is 1.66 bits per heavy atom. The van der Waals surface area contributed by atoms with E-state index < -0.39 is 35.8 Å². The molecule has 1 aliphatic rings. The summed E-state index contributed by atoms with van der Waals surface area (Å²) in [6, 6.07) is 14.2. The minimum absolute atomic E-state index is 0. The van der Waals surface area contributed by atoms with Crippen LogP contribution in [0, 0.1) is 0 Å². The van der Waals surface area contributed by atoms with Gasteiger partial charge in [-0.15, -0.1) is 0 Å². The van der Waals surface area contributed by atoms with Crippen LogP contribution in [0.5, 0.6) is 0 Å². The number of nitrogens with zero attached hydrogens (tertiary/aromatic N) is 1. The van der Waals surface area contributed by atoms with Gasteiger partial charge in [0, 0.05) is 19.3 Å². The molecule has 32 heavy (non-hydrogen) atoms. The zero-order valence-corrected chi connectivity index (χ0v) is 16.9. The van der Waals surface area contributed by atoms with Gasteiger partial charge in [0.25, 0.3) is 5.91 Å². The Balaban J connectivity index is 0.00000363. The van der Waals surface area contributed by atoms with Crippen LogP contribution in [0.25, 0.3) is 0 Å². The van der Waals surface area contributed by atoms with Crippen molar-refractivity contribution in [1.29, 1.82) is 0 Å². The van der Waals surface area contributed by atoms with E-state index in [4.69, 9.17) is 0 Å². The van der Waals surface area contributed by atoms with E-state index in [1.54, 1.807) is 12.1 Å². The van der Waals surface area contributed by atoms with Crippen molar-refractivity contribution in [2.24, 2.45) is 0 Å². The molecule has 3 N–H and O–H groups in total. The van der Waals surface area contributed by atoms with Gasteiger partial charge in [-0.3, -0.25) is 14.4 Å². The molecule has 0 aromatic heterocycles. The van der Waals surface area contributed by atoms with E-state index >= 15 is 0 Å². The van der Waals surface area contributed by atoms with Crippen LogP contribution in [0.15, 0.2) is 66.9 Å². The average molecular weight is 445 g/mol. The number of aliphatic carboxylic acids is 1. The molecule has 1 heterocycles. The number of carboxylic acids is 1. The zero-order chi connectivity index (χ0) is 22.4. The van der Waals surface area contributed by atoms with Gasteiger partial charge < -0.3 is 20.6 Å². The molecule has 162 valence electrons. The van der Waals surface area contributed by atoms with E-state index in [0.29, 0.717) is 5.56 Å². The van der Waals surface area contributed by atoms with E-state index in [2.05, 4.69) is 10.6 Å². The number of amides is 3. The Bertz CT molecular complexity index is 1010. The number of urea groups is 1. The van der Waals surface area contributed by atoms with Crippen molar-refractivity contribution in [1.82, 2.24) is 15.5 Å². The van der Waals surface area contributed by atoms with Crippen LogP contribution in [-0.2, 0) is 20.8 Å². The van der Waals surface area contributed by atoms with Crippen molar-refractivity contribution in [3.63, 3.8) is 0 Å². The van der Waals surface area contributed by atoms with Gasteiger partial charge in [0.1, 0.15) is 0 Å². The van der Waals surface area contributed by atoms with Crippen LogP contribution in [0.1, 0.15) is 29.2 Å². The Morgan fingerprint density at radius 1 is 1.03 bits per heavy atom. The number of ketones is 1. The molecule has 2 atom stereocenters. The van der Waals surface area contributed by atoms with Gasteiger partial charge in [0.05, 0.1) is 12.5 Å². The summed E-state index contributed by atoms with van der Waals surface area (Å²) in [4.78, 5) is 49.0. The molecular weight excluding hydrogens is 421 g/mol. The molecule has 0 radical (unpaired) electrons. The molecule has 0 saturated heterocycles. The molecular formula is C23H24N3NaO5. The summed E-state index contributed by atoms with van der Waals surface area (Å²) in [5.74, 6) is -2.20. The summed E-state index contributed by atoms with van der Waals surface area (Å²) in [5, 5.41) is 14.1. The maximum absolute atomic E-state index is 12.4. The standard InChI is InChI=1S/C23H23N3O5.Na.H/c1-26-12-11-19(27)21(22(26)30)25-23(31)24-18(14-20(28)29)17-9-7-16(8-10-17)13-15-5-3-2-4-6-15;;/h2-12,18,21H,13-14H2,1H3,(H,28,29)(H2,24,25,31);;/t18-,21?;;/m0../s1. The SMILES string of the molecule is CN1C=CC(=O)C(NC(=O)N[C@@H](CC(=O)O)c2ccc(Cc3ccccc3)cc2)C1=O.[NaH]. The summed E-state index contributed by atoms with van der Waals surface area (Å²) in [7, 11) is 1.47. The van der Waals surface area contributed by atoms with Gasteiger partial charge in [-0.1, -0.05) is 54.6 Å². The Hall–Kier alpha value is -2.94. The summed E-state index contributed by atoms with van der Waals surface area (Å²) < 4.78 is 0. The van der Waals surface area contributed by atoms with Crippen molar-refractivity contribution in [2.75, 3.05) is 7.05 Å². The number of carbonyl (C=O) groups excluding carboxylic acids is 3. The molecule has 1 aliphatic heterocycles. The first-order valence-corrected chi connectivity index (χ1v) is 9.74. The van der Waals surface area contributed by atoms with Gasteiger partial charge in [-0.25, -0.2) is 4.79 Å². The van der Waals surface area contributed by atoms with E-state index in [0.717, 1.165) is 17.5 Å². The number of carboxylic acid groups (broad SMARTS) is 1. The molecule has 0 saturated carbocycles. The fourth-order valence-corrected chi connectivity index (χ4v) is 3.27. The third-order valence-corrected chi connectivity index (χ3v) is 4.93. The van der Waals surface area contributed by atoms with Crippen molar-refractivity contribution in [3.05, 3.63) is 83.6 Å². The second-order valence-corrected chi connectivity index (χ2v) is 7.27. The molecule has 1 unspecified atom stereocenters. The minimum atomic E-state index is -1.34. The second-order valence-electron chi connectivity index (χ2n) is 7.27. The zero-order valence-electron chi connectivity index (χ0n) is 16.9.